The Labute approximate surface area is 95.9 Å². The molecule has 0 aliphatic rings. The van der Waals surface area contributed by atoms with Crippen molar-refractivity contribution in [3.8, 4) is 5.75 Å². The molecule has 6 heteroatoms. The van der Waals surface area contributed by atoms with Gasteiger partial charge in [-0.15, -0.1) is 0 Å². The number of benzene rings is 1. The van der Waals surface area contributed by atoms with Crippen molar-refractivity contribution in [2.75, 3.05) is 0 Å². The van der Waals surface area contributed by atoms with E-state index in [1.165, 1.54) is 30.5 Å². The highest BCUT2D eigenvalue weighted by molar-refractivity contribution is 5.84. The Morgan fingerprint density at radius 1 is 1.41 bits per heavy atom. The number of halogens is 1. The molecule has 2 N–H and O–H groups in total. The Balaban J connectivity index is 1.97. The van der Waals surface area contributed by atoms with Gasteiger partial charge in [-0.05, 0) is 24.3 Å². The van der Waals surface area contributed by atoms with Crippen LogP contribution >= 0.6 is 0 Å². The fourth-order valence-electron chi connectivity index (χ4n) is 1.23. The van der Waals surface area contributed by atoms with Crippen LogP contribution in [0.1, 0.15) is 16.3 Å². The highest BCUT2D eigenvalue weighted by atomic mass is 19.1. The molecular weight excluding hydrogens is 227 g/mol. The van der Waals surface area contributed by atoms with Crippen LogP contribution in [0.5, 0.6) is 5.75 Å². The molecule has 1 aromatic heterocycles. The largest absolute Gasteiger partial charge is 0.486 e. The molecule has 17 heavy (non-hydrogen) atoms. The third-order valence-corrected chi connectivity index (χ3v) is 2.05. The summed E-state index contributed by atoms with van der Waals surface area (Å²) >= 11 is 0. The Kier molecular flexibility index (Phi) is 3.04. The average Bonchev–Trinajstić information content (AvgIpc) is 2.77. The molecule has 2 rings (SSSR count). The summed E-state index contributed by atoms with van der Waals surface area (Å²) in [6.45, 7) is 0.0961. The normalized spacial score (nSPS) is 10.2. The van der Waals surface area contributed by atoms with Crippen LogP contribution in [0.3, 0.4) is 0 Å². The highest BCUT2D eigenvalue weighted by Crippen LogP contribution is 2.12. The van der Waals surface area contributed by atoms with Crippen LogP contribution in [-0.4, -0.2) is 21.0 Å². The van der Waals surface area contributed by atoms with Crippen LogP contribution in [0.25, 0.3) is 0 Å². The number of aromatic nitrogens is 2. The van der Waals surface area contributed by atoms with Gasteiger partial charge in [-0.2, -0.15) is 0 Å². The fourth-order valence-corrected chi connectivity index (χ4v) is 1.23. The molecule has 0 atom stereocenters. The van der Waals surface area contributed by atoms with Crippen LogP contribution in [0.2, 0.25) is 0 Å². The van der Waals surface area contributed by atoms with Crippen molar-refractivity contribution >= 4 is 5.97 Å². The van der Waals surface area contributed by atoms with Crippen molar-refractivity contribution in [1.29, 1.82) is 0 Å². The second kappa shape index (κ2) is 4.65. The smallest absolute Gasteiger partial charge is 0.353 e. The van der Waals surface area contributed by atoms with Gasteiger partial charge in [0.1, 0.15) is 29.7 Å². The number of hydrogen-bond donors (Lipinski definition) is 2. The number of carboxylic acids is 1. The van der Waals surface area contributed by atoms with Gasteiger partial charge < -0.3 is 14.8 Å². The minimum Gasteiger partial charge on any atom is -0.486 e. The standard InChI is InChI=1S/C11H9FN2O3/c12-7-1-3-8(4-2-7)17-6-10-13-5-9(14-10)11(15)16/h1-5H,6H2,(H,13,14)(H,15,16). The van der Waals surface area contributed by atoms with Crippen molar-refractivity contribution in [1.82, 2.24) is 9.97 Å². The molecule has 0 aliphatic heterocycles. The molecule has 0 bridgehead atoms. The minimum atomic E-state index is -1.08. The predicted octanol–water partition coefficient (Wildman–Crippen LogP) is 1.83. The van der Waals surface area contributed by atoms with Crippen molar-refractivity contribution in [2.24, 2.45) is 0 Å². The lowest BCUT2D eigenvalue weighted by Gasteiger charge is -2.03. The van der Waals surface area contributed by atoms with Crippen molar-refractivity contribution in [3.63, 3.8) is 0 Å². The molecule has 0 saturated carbocycles. The van der Waals surface area contributed by atoms with Crippen LogP contribution in [0, 0.1) is 5.82 Å². The second-order valence-corrected chi connectivity index (χ2v) is 3.29. The third kappa shape index (κ3) is 2.81. The molecule has 0 amide bonds. The first-order valence-electron chi connectivity index (χ1n) is 4.80. The summed E-state index contributed by atoms with van der Waals surface area (Å²) in [7, 11) is 0. The van der Waals surface area contributed by atoms with Crippen LogP contribution in [-0.2, 0) is 6.61 Å². The number of carbonyl (C=O) groups is 1. The van der Waals surface area contributed by atoms with E-state index in [0.29, 0.717) is 11.6 Å². The van der Waals surface area contributed by atoms with E-state index in [-0.39, 0.29) is 18.1 Å². The van der Waals surface area contributed by atoms with Gasteiger partial charge in [-0.3, -0.25) is 0 Å². The van der Waals surface area contributed by atoms with Crippen LogP contribution in [0.15, 0.2) is 30.5 Å². The number of ether oxygens (including phenoxy) is 1. The lowest BCUT2D eigenvalue weighted by atomic mass is 10.3. The maximum Gasteiger partial charge on any atom is 0.353 e. The van der Waals surface area contributed by atoms with Gasteiger partial charge in [-0.1, -0.05) is 0 Å². The molecule has 88 valence electrons. The molecule has 0 saturated heterocycles. The molecule has 1 heterocycles. The first kappa shape index (κ1) is 11.1. The quantitative estimate of drug-likeness (QED) is 0.849. The summed E-state index contributed by atoms with van der Waals surface area (Å²) in [4.78, 5) is 17.0. The Morgan fingerprint density at radius 2 is 2.12 bits per heavy atom. The molecule has 0 unspecified atom stereocenters. The summed E-state index contributed by atoms with van der Waals surface area (Å²) in [6.07, 6.45) is 1.21. The number of imidazole rings is 1. The number of nitrogens with one attached hydrogen (secondary N) is 1. The third-order valence-electron chi connectivity index (χ3n) is 2.05. The highest BCUT2D eigenvalue weighted by Gasteiger charge is 2.07. The number of aromatic carboxylic acids is 1. The Morgan fingerprint density at radius 3 is 2.71 bits per heavy atom. The Bertz CT molecular complexity index is 522. The predicted molar refractivity (Wildman–Crippen MR) is 56.3 cm³/mol. The van der Waals surface area contributed by atoms with Crippen molar-refractivity contribution in [3.05, 3.63) is 47.8 Å². The summed E-state index contributed by atoms with van der Waals surface area (Å²) < 4.78 is 17.9. The van der Waals surface area contributed by atoms with Gasteiger partial charge in [0.05, 0.1) is 6.20 Å². The van der Waals surface area contributed by atoms with Crippen molar-refractivity contribution in [2.45, 2.75) is 6.61 Å². The zero-order chi connectivity index (χ0) is 12.3. The topological polar surface area (TPSA) is 75.2 Å². The van der Waals surface area contributed by atoms with Crippen molar-refractivity contribution < 1.29 is 19.0 Å². The van der Waals surface area contributed by atoms with Gasteiger partial charge in [0, 0.05) is 0 Å². The number of aromatic amines is 1. The molecule has 1 aromatic carbocycles. The van der Waals surface area contributed by atoms with Gasteiger partial charge in [0.15, 0.2) is 0 Å². The van der Waals surface area contributed by atoms with E-state index in [1.54, 1.807) is 0 Å². The number of carboxylic acid groups (broad SMARTS) is 1. The Hall–Kier alpha value is -2.37. The number of H-pyrrole nitrogens is 1. The number of hydrogen-bond acceptors (Lipinski definition) is 3. The lowest BCUT2D eigenvalue weighted by molar-refractivity contribution is 0.0691. The number of rotatable bonds is 4. The molecule has 0 aliphatic carbocycles. The first-order chi connectivity index (χ1) is 8.15. The summed E-state index contributed by atoms with van der Waals surface area (Å²) in [5.74, 6) is -0.541. The summed E-state index contributed by atoms with van der Waals surface area (Å²) in [5.41, 5.74) is 0.00251. The van der Waals surface area contributed by atoms with E-state index in [1.807, 2.05) is 0 Å². The molecular formula is C11H9FN2O3. The van der Waals surface area contributed by atoms with E-state index in [0.717, 1.165) is 0 Å². The molecule has 2 aromatic rings. The van der Waals surface area contributed by atoms with E-state index in [9.17, 15) is 9.18 Å². The fraction of sp³-hybridized carbons (Fsp3) is 0.0909. The van der Waals surface area contributed by atoms with E-state index in [4.69, 9.17) is 9.84 Å². The first-order valence-corrected chi connectivity index (χ1v) is 4.80. The summed E-state index contributed by atoms with van der Waals surface area (Å²) in [5, 5.41) is 8.66. The maximum atomic E-state index is 12.6. The average molecular weight is 236 g/mol. The lowest BCUT2D eigenvalue weighted by Crippen LogP contribution is -2.00. The molecule has 0 fully saturated rings. The minimum absolute atomic E-state index is 0.00251. The molecule has 5 nitrogen and oxygen atoms in total. The van der Waals surface area contributed by atoms with Crippen LogP contribution in [0.4, 0.5) is 4.39 Å². The number of nitrogens with zero attached hydrogens (tertiary/aromatic N) is 1. The van der Waals surface area contributed by atoms with Gasteiger partial charge in [0.25, 0.3) is 0 Å². The van der Waals surface area contributed by atoms with E-state index in [2.05, 4.69) is 9.97 Å². The zero-order valence-corrected chi connectivity index (χ0v) is 8.68. The van der Waals surface area contributed by atoms with Crippen LogP contribution < -0.4 is 4.74 Å². The summed E-state index contributed by atoms with van der Waals surface area (Å²) in [6, 6.07) is 5.52. The van der Waals surface area contributed by atoms with Gasteiger partial charge >= 0.3 is 5.97 Å². The van der Waals surface area contributed by atoms with E-state index < -0.39 is 5.97 Å². The van der Waals surface area contributed by atoms with Gasteiger partial charge in [-0.25, -0.2) is 14.2 Å². The maximum absolute atomic E-state index is 12.6. The molecule has 0 radical (unpaired) electrons. The SMILES string of the molecule is O=C(O)c1cnc(COc2ccc(F)cc2)[nH]1. The monoisotopic (exact) mass is 236 g/mol. The van der Waals surface area contributed by atoms with E-state index >= 15 is 0 Å². The van der Waals surface area contributed by atoms with Gasteiger partial charge in [0.2, 0.25) is 0 Å². The molecule has 0 spiro atoms. The second-order valence-electron chi connectivity index (χ2n) is 3.29. The zero-order valence-electron chi connectivity index (χ0n) is 8.68.